The molecule has 4 heteroatoms. The van der Waals surface area contributed by atoms with E-state index in [4.69, 9.17) is 9.47 Å². The van der Waals surface area contributed by atoms with Crippen LogP contribution in [-0.4, -0.2) is 26.7 Å². The van der Waals surface area contributed by atoms with Crippen LogP contribution in [0.15, 0.2) is 48.5 Å². The normalized spacial score (nSPS) is 10.1. The molecule has 1 amide bonds. The van der Waals surface area contributed by atoms with Crippen molar-refractivity contribution in [1.82, 2.24) is 5.32 Å². The summed E-state index contributed by atoms with van der Waals surface area (Å²) in [7, 11) is 3.27. The molecule has 0 fully saturated rings. The minimum atomic E-state index is 0.00292. The third-order valence-corrected chi connectivity index (χ3v) is 3.41. The lowest BCUT2D eigenvalue weighted by Crippen LogP contribution is -2.27. The molecule has 1 N–H and O–H groups in total. The number of carbonyl (C=O) groups is 1. The summed E-state index contributed by atoms with van der Waals surface area (Å²) in [6.07, 6.45) is 1.09. The standard InChI is InChI=1S/C18H21NO3/c1-21-16-8-5-6-14(12-16)13-18(20)19-11-10-15-7-3-4-9-17(15)22-2/h3-9,12H,10-11,13H2,1-2H3,(H,19,20). The Labute approximate surface area is 131 Å². The number of nitrogens with one attached hydrogen (secondary N) is 1. The van der Waals surface area contributed by atoms with E-state index in [1.807, 2.05) is 48.5 Å². The topological polar surface area (TPSA) is 47.6 Å². The molecule has 0 bridgehead atoms. The monoisotopic (exact) mass is 299 g/mol. The zero-order valence-corrected chi connectivity index (χ0v) is 13.0. The highest BCUT2D eigenvalue weighted by molar-refractivity contribution is 5.78. The molecule has 0 saturated heterocycles. The van der Waals surface area contributed by atoms with Crippen LogP contribution in [0.2, 0.25) is 0 Å². The van der Waals surface area contributed by atoms with E-state index >= 15 is 0 Å². The molecule has 0 spiro atoms. The van der Waals surface area contributed by atoms with Crippen molar-refractivity contribution in [3.05, 3.63) is 59.7 Å². The summed E-state index contributed by atoms with van der Waals surface area (Å²) in [4.78, 5) is 12.0. The minimum Gasteiger partial charge on any atom is -0.497 e. The fraction of sp³-hybridized carbons (Fsp3) is 0.278. The van der Waals surface area contributed by atoms with Gasteiger partial charge in [-0.3, -0.25) is 4.79 Å². The fourth-order valence-corrected chi connectivity index (χ4v) is 2.28. The van der Waals surface area contributed by atoms with Gasteiger partial charge in [-0.1, -0.05) is 30.3 Å². The second-order valence-corrected chi connectivity index (χ2v) is 4.94. The molecule has 0 aliphatic rings. The van der Waals surface area contributed by atoms with Gasteiger partial charge in [0.25, 0.3) is 0 Å². The van der Waals surface area contributed by atoms with E-state index in [2.05, 4.69) is 5.32 Å². The third-order valence-electron chi connectivity index (χ3n) is 3.41. The van der Waals surface area contributed by atoms with E-state index in [1.165, 1.54) is 0 Å². The number of hydrogen-bond acceptors (Lipinski definition) is 3. The van der Waals surface area contributed by atoms with Crippen molar-refractivity contribution in [1.29, 1.82) is 0 Å². The molecule has 4 nitrogen and oxygen atoms in total. The first-order chi connectivity index (χ1) is 10.7. The van der Waals surface area contributed by atoms with Gasteiger partial charge in [-0.2, -0.15) is 0 Å². The summed E-state index contributed by atoms with van der Waals surface area (Å²) in [6.45, 7) is 0.586. The van der Waals surface area contributed by atoms with Crippen molar-refractivity contribution in [2.75, 3.05) is 20.8 Å². The number of para-hydroxylation sites is 1. The Bertz CT molecular complexity index is 625. The van der Waals surface area contributed by atoms with E-state index in [0.717, 1.165) is 29.0 Å². The molecule has 0 atom stereocenters. The maximum atomic E-state index is 12.0. The van der Waals surface area contributed by atoms with Crippen LogP contribution in [0.3, 0.4) is 0 Å². The van der Waals surface area contributed by atoms with E-state index in [-0.39, 0.29) is 5.91 Å². The summed E-state index contributed by atoms with van der Waals surface area (Å²) in [5, 5.41) is 2.93. The average molecular weight is 299 g/mol. The number of amides is 1. The van der Waals surface area contributed by atoms with Crippen molar-refractivity contribution in [2.24, 2.45) is 0 Å². The molecule has 2 aromatic carbocycles. The van der Waals surface area contributed by atoms with Gasteiger partial charge < -0.3 is 14.8 Å². The summed E-state index contributed by atoms with van der Waals surface area (Å²) in [5.74, 6) is 1.62. The van der Waals surface area contributed by atoms with Gasteiger partial charge in [0.2, 0.25) is 5.91 Å². The van der Waals surface area contributed by atoms with Crippen molar-refractivity contribution >= 4 is 5.91 Å². The first-order valence-corrected chi connectivity index (χ1v) is 7.24. The molecule has 0 radical (unpaired) electrons. The zero-order valence-electron chi connectivity index (χ0n) is 13.0. The molecule has 0 heterocycles. The summed E-state index contributed by atoms with van der Waals surface area (Å²) in [6, 6.07) is 15.4. The number of rotatable bonds is 7. The lowest BCUT2D eigenvalue weighted by molar-refractivity contribution is -0.120. The van der Waals surface area contributed by atoms with Gasteiger partial charge >= 0.3 is 0 Å². The molecule has 22 heavy (non-hydrogen) atoms. The highest BCUT2D eigenvalue weighted by atomic mass is 16.5. The Kier molecular flexibility index (Phi) is 5.83. The number of methoxy groups -OCH3 is 2. The second kappa shape index (κ2) is 8.08. The molecule has 0 unspecified atom stereocenters. The number of carbonyl (C=O) groups excluding carboxylic acids is 1. The first kappa shape index (κ1) is 15.9. The average Bonchev–Trinajstić information content (AvgIpc) is 2.55. The van der Waals surface area contributed by atoms with Gasteiger partial charge in [0, 0.05) is 6.54 Å². The molecule has 0 aromatic heterocycles. The summed E-state index contributed by atoms with van der Waals surface area (Å²) in [5.41, 5.74) is 2.03. The van der Waals surface area contributed by atoms with E-state index in [9.17, 15) is 4.79 Å². The Balaban J connectivity index is 1.82. The number of ether oxygens (including phenoxy) is 2. The van der Waals surface area contributed by atoms with Crippen LogP contribution < -0.4 is 14.8 Å². The largest absolute Gasteiger partial charge is 0.497 e. The van der Waals surface area contributed by atoms with E-state index < -0.39 is 0 Å². The number of hydrogen-bond donors (Lipinski definition) is 1. The Morgan fingerprint density at radius 3 is 2.64 bits per heavy atom. The van der Waals surface area contributed by atoms with Crippen molar-refractivity contribution in [3.8, 4) is 11.5 Å². The van der Waals surface area contributed by atoms with Crippen molar-refractivity contribution < 1.29 is 14.3 Å². The first-order valence-electron chi connectivity index (χ1n) is 7.24. The highest BCUT2D eigenvalue weighted by Gasteiger charge is 2.06. The van der Waals surface area contributed by atoms with E-state index in [0.29, 0.717) is 13.0 Å². The zero-order chi connectivity index (χ0) is 15.8. The molecule has 116 valence electrons. The Morgan fingerprint density at radius 2 is 1.86 bits per heavy atom. The summed E-state index contributed by atoms with van der Waals surface area (Å²) >= 11 is 0. The van der Waals surface area contributed by atoms with Crippen LogP contribution in [0.25, 0.3) is 0 Å². The summed E-state index contributed by atoms with van der Waals surface area (Å²) < 4.78 is 10.5. The molecular weight excluding hydrogens is 278 g/mol. The van der Waals surface area contributed by atoms with Gasteiger partial charge in [0.05, 0.1) is 20.6 Å². The van der Waals surface area contributed by atoms with Crippen LogP contribution >= 0.6 is 0 Å². The predicted octanol–water partition coefficient (Wildman–Crippen LogP) is 2.61. The van der Waals surface area contributed by atoms with Gasteiger partial charge in [0.15, 0.2) is 0 Å². The molecule has 0 saturated carbocycles. The molecular formula is C18H21NO3. The van der Waals surface area contributed by atoms with Gasteiger partial charge in [-0.05, 0) is 35.7 Å². The molecule has 2 rings (SSSR count). The fourth-order valence-electron chi connectivity index (χ4n) is 2.28. The third kappa shape index (κ3) is 4.52. The molecule has 2 aromatic rings. The Morgan fingerprint density at radius 1 is 1.05 bits per heavy atom. The maximum absolute atomic E-state index is 12.0. The van der Waals surface area contributed by atoms with Gasteiger partial charge in [0.1, 0.15) is 11.5 Å². The van der Waals surface area contributed by atoms with Crippen molar-refractivity contribution in [3.63, 3.8) is 0 Å². The van der Waals surface area contributed by atoms with Crippen LogP contribution in [-0.2, 0) is 17.6 Å². The quantitative estimate of drug-likeness (QED) is 0.855. The van der Waals surface area contributed by atoms with E-state index in [1.54, 1.807) is 14.2 Å². The number of benzene rings is 2. The van der Waals surface area contributed by atoms with Crippen LogP contribution in [0.1, 0.15) is 11.1 Å². The van der Waals surface area contributed by atoms with Crippen LogP contribution in [0.5, 0.6) is 11.5 Å². The van der Waals surface area contributed by atoms with Crippen LogP contribution in [0.4, 0.5) is 0 Å². The Hall–Kier alpha value is -2.49. The smallest absolute Gasteiger partial charge is 0.224 e. The van der Waals surface area contributed by atoms with Gasteiger partial charge in [-0.15, -0.1) is 0 Å². The second-order valence-electron chi connectivity index (χ2n) is 4.94. The maximum Gasteiger partial charge on any atom is 0.224 e. The lowest BCUT2D eigenvalue weighted by atomic mass is 10.1. The SMILES string of the molecule is COc1cccc(CC(=O)NCCc2ccccc2OC)c1. The predicted molar refractivity (Wildman–Crippen MR) is 86.4 cm³/mol. The minimum absolute atomic E-state index is 0.00292. The highest BCUT2D eigenvalue weighted by Crippen LogP contribution is 2.17. The molecule has 0 aliphatic carbocycles. The lowest BCUT2D eigenvalue weighted by Gasteiger charge is -2.09. The molecule has 0 aliphatic heterocycles. The van der Waals surface area contributed by atoms with Crippen LogP contribution in [0, 0.1) is 0 Å². The van der Waals surface area contributed by atoms with Gasteiger partial charge in [-0.25, -0.2) is 0 Å². The van der Waals surface area contributed by atoms with Crippen molar-refractivity contribution in [2.45, 2.75) is 12.8 Å².